The molecule has 7 heteroatoms. The Hall–Kier alpha value is -2.61. The molecule has 1 aliphatic carbocycles. The van der Waals surface area contributed by atoms with Crippen LogP contribution in [0.2, 0.25) is 0 Å². The first kappa shape index (κ1) is 24.1. The van der Waals surface area contributed by atoms with Gasteiger partial charge in [0.25, 0.3) is 0 Å². The largest absolute Gasteiger partial charge is 0.498 e. The Morgan fingerprint density at radius 3 is 2.46 bits per heavy atom. The summed E-state index contributed by atoms with van der Waals surface area (Å²) >= 11 is 0. The van der Waals surface area contributed by atoms with Crippen LogP contribution in [-0.4, -0.2) is 40.2 Å². The average Bonchev–Trinajstić information content (AvgIpc) is 3.45. The second kappa shape index (κ2) is 9.45. The molecular formula is C28H36BN3O3. The Kier molecular flexibility index (Phi) is 6.51. The molecule has 184 valence electrons. The van der Waals surface area contributed by atoms with E-state index in [9.17, 15) is 0 Å². The minimum Gasteiger partial charge on any atom is -0.490 e. The van der Waals surface area contributed by atoms with Gasteiger partial charge in [-0.1, -0.05) is 42.5 Å². The lowest BCUT2D eigenvalue weighted by Gasteiger charge is -2.32. The second-order valence-corrected chi connectivity index (χ2v) is 11.0. The van der Waals surface area contributed by atoms with Crippen molar-refractivity contribution >= 4 is 12.6 Å². The van der Waals surface area contributed by atoms with E-state index in [2.05, 4.69) is 75.3 Å². The second-order valence-electron chi connectivity index (χ2n) is 11.0. The maximum absolute atomic E-state index is 6.49. The third-order valence-electron chi connectivity index (χ3n) is 7.72. The first-order valence-electron chi connectivity index (χ1n) is 12.6. The number of benzene rings is 2. The molecule has 1 unspecified atom stereocenters. The van der Waals surface area contributed by atoms with Crippen LogP contribution in [0.4, 0.5) is 0 Å². The van der Waals surface area contributed by atoms with Crippen molar-refractivity contribution in [3.8, 4) is 5.75 Å². The summed E-state index contributed by atoms with van der Waals surface area (Å²) in [6.07, 6.45) is 6.83. The average molecular weight is 473 g/mol. The van der Waals surface area contributed by atoms with Gasteiger partial charge in [-0.25, -0.2) is 0 Å². The number of nitrogens with two attached hydrogens (primary N) is 1. The molecule has 1 saturated heterocycles. The summed E-state index contributed by atoms with van der Waals surface area (Å²) in [5.41, 5.74) is 8.99. The number of aromatic nitrogens is 2. The predicted molar refractivity (Wildman–Crippen MR) is 139 cm³/mol. The van der Waals surface area contributed by atoms with Crippen molar-refractivity contribution in [2.75, 3.05) is 0 Å². The highest BCUT2D eigenvalue weighted by Gasteiger charge is 2.52. The molecule has 0 amide bonds. The van der Waals surface area contributed by atoms with Gasteiger partial charge in [0, 0.05) is 29.8 Å². The molecule has 5 rings (SSSR count). The molecule has 3 aromatic rings. The SMILES string of the molecule is CC1(C)OB(c2cnn(Cc3cccc(O[C@@H]4C[C@@H](N)CC4Cc4ccccc4)c3)c2)OC1(C)C. The van der Waals surface area contributed by atoms with Crippen molar-refractivity contribution < 1.29 is 14.0 Å². The molecule has 6 nitrogen and oxygen atoms in total. The van der Waals surface area contributed by atoms with Crippen LogP contribution in [0.25, 0.3) is 0 Å². The first-order valence-corrected chi connectivity index (χ1v) is 12.6. The van der Waals surface area contributed by atoms with Crippen LogP contribution >= 0.6 is 0 Å². The number of nitrogens with zero attached hydrogens (tertiary/aromatic N) is 2. The molecule has 2 fully saturated rings. The van der Waals surface area contributed by atoms with E-state index in [1.54, 1.807) is 0 Å². The van der Waals surface area contributed by atoms with E-state index >= 15 is 0 Å². The van der Waals surface area contributed by atoms with Gasteiger partial charge in [0.15, 0.2) is 0 Å². The summed E-state index contributed by atoms with van der Waals surface area (Å²) in [6.45, 7) is 8.89. The Balaban J connectivity index is 1.24. The van der Waals surface area contributed by atoms with Crippen molar-refractivity contribution in [3.05, 3.63) is 78.1 Å². The molecule has 2 aliphatic rings. The van der Waals surface area contributed by atoms with Crippen molar-refractivity contribution in [1.82, 2.24) is 9.78 Å². The monoisotopic (exact) mass is 473 g/mol. The van der Waals surface area contributed by atoms with Crippen LogP contribution in [0.1, 0.15) is 51.7 Å². The van der Waals surface area contributed by atoms with Gasteiger partial charge in [-0.05, 0) is 70.2 Å². The summed E-state index contributed by atoms with van der Waals surface area (Å²) in [6, 6.07) is 19.1. The van der Waals surface area contributed by atoms with Gasteiger partial charge in [-0.2, -0.15) is 5.10 Å². The van der Waals surface area contributed by atoms with E-state index in [4.69, 9.17) is 19.8 Å². The Morgan fingerprint density at radius 2 is 1.71 bits per heavy atom. The topological polar surface area (TPSA) is 71.5 Å². The summed E-state index contributed by atoms with van der Waals surface area (Å²) < 4.78 is 20.7. The smallest absolute Gasteiger partial charge is 0.490 e. The minimum absolute atomic E-state index is 0.125. The molecule has 0 bridgehead atoms. The minimum atomic E-state index is -0.406. The van der Waals surface area contributed by atoms with Crippen molar-refractivity contribution in [2.24, 2.45) is 11.7 Å². The highest BCUT2D eigenvalue weighted by molar-refractivity contribution is 6.62. The maximum atomic E-state index is 6.49. The van der Waals surface area contributed by atoms with Gasteiger partial charge in [-0.3, -0.25) is 4.68 Å². The number of hydrogen-bond donors (Lipinski definition) is 1. The lowest BCUT2D eigenvalue weighted by molar-refractivity contribution is 0.00578. The molecule has 1 aromatic heterocycles. The zero-order chi connectivity index (χ0) is 24.6. The lowest BCUT2D eigenvalue weighted by atomic mass is 9.82. The quantitative estimate of drug-likeness (QED) is 0.526. The van der Waals surface area contributed by atoms with E-state index in [1.807, 2.05) is 29.2 Å². The van der Waals surface area contributed by atoms with Crippen molar-refractivity contribution in [2.45, 2.75) is 76.9 Å². The third-order valence-corrected chi connectivity index (χ3v) is 7.72. The molecule has 1 aliphatic heterocycles. The molecule has 35 heavy (non-hydrogen) atoms. The molecular weight excluding hydrogens is 437 g/mol. The molecule has 1 saturated carbocycles. The zero-order valence-corrected chi connectivity index (χ0v) is 21.2. The fraction of sp³-hybridized carbons (Fsp3) is 0.464. The first-order chi connectivity index (χ1) is 16.7. The number of hydrogen-bond acceptors (Lipinski definition) is 5. The van der Waals surface area contributed by atoms with Gasteiger partial charge >= 0.3 is 7.12 Å². The molecule has 2 heterocycles. The van der Waals surface area contributed by atoms with Crippen LogP contribution in [-0.2, 0) is 22.3 Å². The van der Waals surface area contributed by atoms with Crippen molar-refractivity contribution in [3.63, 3.8) is 0 Å². The maximum Gasteiger partial charge on any atom is 0.498 e. The van der Waals surface area contributed by atoms with Gasteiger partial charge in [0.05, 0.1) is 17.7 Å². The van der Waals surface area contributed by atoms with Crippen LogP contribution in [0.5, 0.6) is 5.75 Å². The zero-order valence-electron chi connectivity index (χ0n) is 21.2. The molecule has 3 atom stereocenters. The third kappa shape index (κ3) is 5.32. The van der Waals surface area contributed by atoms with Crippen LogP contribution in [0, 0.1) is 5.92 Å². The summed E-state index contributed by atoms with van der Waals surface area (Å²) in [7, 11) is -0.406. The van der Waals surface area contributed by atoms with Gasteiger partial charge in [0.2, 0.25) is 0 Å². The highest BCUT2D eigenvalue weighted by Crippen LogP contribution is 2.36. The predicted octanol–water partition coefficient (Wildman–Crippen LogP) is 3.96. The highest BCUT2D eigenvalue weighted by atomic mass is 16.7. The molecule has 0 radical (unpaired) electrons. The normalized spacial score (nSPS) is 25.2. The summed E-state index contributed by atoms with van der Waals surface area (Å²) in [5, 5.41) is 4.55. The van der Waals surface area contributed by atoms with Crippen molar-refractivity contribution in [1.29, 1.82) is 0 Å². The fourth-order valence-corrected chi connectivity index (χ4v) is 5.05. The van der Waals surface area contributed by atoms with Gasteiger partial charge in [-0.15, -0.1) is 0 Å². The van der Waals surface area contributed by atoms with Gasteiger partial charge < -0.3 is 19.8 Å². The van der Waals surface area contributed by atoms with Gasteiger partial charge in [0.1, 0.15) is 11.9 Å². The van der Waals surface area contributed by atoms with Crippen LogP contribution in [0.15, 0.2) is 67.0 Å². The van der Waals surface area contributed by atoms with Crippen LogP contribution in [0.3, 0.4) is 0 Å². The Labute approximate surface area is 208 Å². The van der Waals surface area contributed by atoms with Crippen LogP contribution < -0.4 is 15.9 Å². The van der Waals surface area contributed by atoms with E-state index in [1.165, 1.54) is 5.56 Å². The lowest BCUT2D eigenvalue weighted by Crippen LogP contribution is -2.41. The number of rotatable bonds is 7. The summed E-state index contributed by atoms with van der Waals surface area (Å²) in [4.78, 5) is 0. The summed E-state index contributed by atoms with van der Waals surface area (Å²) in [5.74, 6) is 1.31. The Bertz CT molecular complexity index is 1130. The number of ether oxygens (including phenoxy) is 1. The van der Waals surface area contributed by atoms with E-state index in [0.29, 0.717) is 12.5 Å². The standard InChI is InChI=1S/C28H36BN3O3/c1-27(2)28(3,4)35-29(34-27)23-17-31-32(19-23)18-21-11-8-12-25(14-21)33-26-16-24(30)15-22(26)13-20-9-6-5-7-10-20/h5-12,14,17,19,22,24,26H,13,15-16,18,30H2,1-4H3/t22?,24-,26+/m0/s1. The molecule has 2 aromatic carbocycles. The Morgan fingerprint density at radius 1 is 1.00 bits per heavy atom. The van der Waals surface area contributed by atoms with E-state index in [-0.39, 0.29) is 23.3 Å². The molecule has 2 N–H and O–H groups in total. The van der Waals surface area contributed by atoms with E-state index in [0.717, 1.165) is 36.0 Å². The van der Waals surface area contributed by atoms with E-state index < -0.39 is 7.12 Å². The fourth-order valence-electron chi connectivity index (χ4n) is 5.05. The molecule has 0 spiro atoms.